The van der Waals surface area contributed by atoms with Crippen LogP contribution in [0.1, 0.15) is 39.8 Å². The second-order valence-corrected chi connectivity index (χ2v) is 8.50. The summed E-state index contributed by atoms with van der Waals surface area (Å²) in [5.74, 6) is 0.921. The van der Waals surface area contributed by atoms with Gasteiger partial charge in [0.25, 0.3) is 0 Å². The lowest BCUT2D eigenvalue weighted by Crippen LogP contribution is -2.52. The molecule has 8 nitrogen and oxygen atoms in total. The summed E-state index contributed by atoms with van der Waals surface area (Å²) in [4.78, 5) is 29.1. The molecule has 1 N–H and O–H groups in total. The molecule has 170 valence electrons. The fourth-order valence-corrected chi connectivity index (χ4v) is 4.36. The molecule has 3 aromatic heterocycles. The summed E-state index contributed by atoms with van der Waals surface area (Å²) in [6, 6.07) is 5.57. The van der Waals surface area contributed by atoms with E-state index in [1.165, 1.54) is 0 Å². The number of morpholine rings is 1. The maximum Gasteiger partial charge on any atom is 0.245 e. The molecule has 0 spiro atoms. The van der Waals surface area contributed by atoms with E-state index < -0.39 is 0 Å². The lowest BCUT2D eigenvalue weighted by atomic mass is 10.1. The topological polar surface area (TPSA) is 85.2 Å². The van der Waals surface area contributed by atoms with Crippen molar-refractivity contribution in [3.05, 3.63) is 36.3 Å². The Bertz CT molecular complexity index is 1080. The van der Waals surface area contributed by atoms with Gasteiger partial charge in [-0.1, -0.05) is 6.92 Å². The molecule has 0 saturated carbocycles. The first-order chi connectivity index (χ1) is 15.4. The first kappa shape index (κ1) is 22.2. The number of rotatable bonds is 6. The second kappa shape index (κ2) is 9.24. The van der Waals surface area contributed by atoms with E-state index in [-0.39, 0.29) is 24.2 Å². The molecule has 1 fully saturated rings. The molecule has 1 aliphatic rings. The normalized spacial score (nSPS) is 19.8. The molecule has 1 amide bonds. The van der Waals surface area contributed by atoms with Crippen LogP contribution in [0, 0.1) is 6.92 Å². The van der Waals surface area contributed by atoms with E-state index >= 15 is 0 Å². The molecule has 0 aromatic carbocycles. The first-order valence-electron chi connectivity index (χ1n) is 11.4. The Labute approximate surface area is 189 Å². The number of ether oxygens (including phenoxy) is 1. The standard InChI is InChI=1S/C24H32N6O2/c1-6-19(24(31)29-13-16(4)32-17(5)14-29)27-20-10-11-25-23-21(20)28-22(30(23)7-2)18-9-8-15(3)26-12-18/h8-12,16-17,19H,6-7,13-14H2,1-5H3,(H,25,27)/t16-,17+,19-/m0/s1. The number of aromatic nitrogens is 4. The molecule has 0 aliphatic carbocycles. The molecular formula is C24H32N6O2. The average molecular weight is 437 g/mol. The number of carbonyl (C=O) groups excluding carboxylic acids is 1. The van der Waals surface area contributed by atoms with Crippen LogP contribution in [0.4, 0.5) is 5.69 Å². The van der Waals surface area contributed by atoms with Crippen LogP contribution < -0.4 is 5.32 Å². The third kappa shape index (κ3) is 4.32. The number of hydrogen-bond donors (Lipinski definition) is 1. The van der Waals surface area contributed by atoms with Gasteiger partial charge in [-0.2, -0.15) is 0 Å². The van der Waals surface area contributed by atoms with Gasteiger partial charge in [0.2, 0.25) is 5.91 Å². The SMILES string of the molecule is CC[C@H](Nc1ccnc2c1nc(-c1ccc(C)nc1)n2CC)C(=O)N1C[C@@H](C)O[C@@H](C)C1. The van der Waals surface area contributed by atoms with Gasteiger partial charge in [-0.15, -0.1) is 0 Å². The highest BCUT2D eigenvalue weighted by Gasteiger charge is 2.30. The number of aryl methyl sites for hydroxylation is 2. The summed E-state index contributed by atoms with van der Waals surface area (Å²) in [6.45, 7) is 12.0. The lowest BCUT2D eigenvalue weighted by molar-refractivity contribution is -0.144. The van der Waals surface area contributed by atoms with Crippen LogP contribution in [0.15, 0.2) is 30.6 Å². The van der Waals surface area contributed by atoms with Crippen molar-refractivity contribution in [1.29, 1.82) is 0 Å². The molecule has 1 saturated heterocycles. The van der Waals surface area contributed by atoms with E-state index in [1.54, 1.807) is 6.20 Å². The van der Waals surface area contributed by atoms with E-state index in [9.17, 15) is 4.79 Å². The quantitative estimate of drug-likeness (QED) is 0.635. The Kier molecular flexibility index (Phi) is 6.41. The molecule has 4 heterocycles. The molecule has 1 aliphatic heterocycles. The Morgan fingerprint density at radius 1 is 1.19 bits per heavy atom. The Morgan fingerprint density at radius 2 is 1.94 bits per heavy atom. The monoisotopic (exact) mass is 436 g/mol. The van der Waals surface area contributed by atoms with E-state index in [2.05, 4.69) is 26.8 Å². The summed E-state index contributed by atoms with van der Waals surface area (Å²) >= 11 is 0. The molecule has 8 heteroatoms. The van der Waals surface area contributed by atoms with E-state index in [0.29, 0.717) is 19.5 Å². The summed E-state index contributed by atoms with van der Waals surface area (Å²) in [7, 11) is 0. The largest absolute Gasteiger partial charge is 0.372 e. The van der Waals surface area contributed by atoms with E-state index in [1.807, 2.05) is 57.0 Å². The van der Waals surface area contributed by atoms with Crippen LogP contribution in [0.2, 0.25) is 0 Å². The van der Waals surface area contributed by atoms with Gasteiger partial charge < -0.3 is 19.5 Å². The van der Waals surface area contributed by atoms with Crippen molar-refractivity contribution in [2.45, 2.75) is 65.8 Å². The van der Waals surface area contributed by atoms with Crippen molar-refractivity contribution in [3.63, 3.8) is 0 Å². The smallest absolute Gasteiger partial charge is 0.245 e. The Balaban J connectivity index is 1.66. The molecule has 3 aromatic rings. The number of pyridine rings is 2. The van der Waals surface area contributed by atoms with Gasteiger partial charge in [-0.25, -0.2) is 9.97 Å². The van der Waals surface area contributed by atoms with Gasteiger partial charge in [0.15, 0.2) is 5.65 Å². The fourth-order valence-electron chi connectivity index (χ4n) is 4.36. The van der Waals surface area contributed by atoms with Crippen LogP contribution in [0.5, 0.6) is 0 Å². The minimum Gasteiger partial charge on any atom is -0.372 e. The third-order valence-electron chi connectivity index (χ3n) is 5.89. The Hall–Kier alpha value is -3.00. The number of fused-ring (bicyclic) bond motifs is 1. The van der Waals surface area contributed by atoms with Crippen LogP contribution in [-0.2, 0) is 16.1 Å². The van der Waals surface area contributed by atoms with Crippen LogP contribution in [-0.4, -0.2) is 61.7 Å². The maximum atomic E-state index is 13.3. The number of anilines is 1. The van der Waals surface area contributed by atoms with Gasteiger partial charge in [-0.3, -0.25) is 9.78 Å². The highest BCUT2D eigenvalue weighted by atomic mass is 16.5. The number of hydrogen-bond acceptors (Lipinski definition) is 6. The number of nitrogens with zero attached hydrogens (tertiary/aromatic N) is 5. The number of nitrogens with one attached hydrogen (secondary N) is 1. The highest BCUT2D eigenvalue weighted by molar-refractivity contribution is 5.92. The van der Waals surface area contributed by atoms with Crippen molar-refractivity contribution in [2.75, 3.05) is 18.4 Å². The van der Waals surface area contributed by atoms with Crippen LogP contribution in [0.25, 0.3) is 22.6 Å². The van der Waals surface area contributed by atoms with Crippen molar-refractivity contribution in [3.8, 4) is 11.4 Å². The van der Waals surface area contributed by atoms with Crippen molar-refractivity contribution >= 4 is 22.8 Å². The molecule has 4 rings (SSSR count). The van der Waals surface area contributed by atoms with E-state index in [0.717, 1.165) is 40.5 Å². The maximum absolute atomic E-state index is 13.3. The zero-order valence-electron chi connectivity index (χ0n) is 19.5. The predicted molar refractivity (Wildman–Crippen MR) is 125 cm³/mol. The first-order valence-corrected chi connectivity index (χ1v) is 11.4. The minimum atomic E-state index is -0.339. The zero-order chi connectivity index (χ0) is 22.8. The molecule has 0 unspecified atom stereocenters. The van der Waals surface area contributed by atoms with Gasteiger partial charge in [0.05, 0.1) is 17.9 Å². The molecule has 3 atom stereocenters. The minimum absolute atomic E-state index is 0.0405. The number of imidazole rings is 1. The molecule has 0 bridgehead atoms. The Morgan fingerprint density at radius 3 is 2.56 bits per heavy atom. The van der Waals surface area contributed by atoms with Crippen LogP contribution in [0.3, 0.4) is 0 Å². The average Bonchev–Trinajstić information content (AvgIpc) is 3.16. The predicted octanol–water partition coefficient (Wildman–Crippen LogP) is 3.65. The number of carbonyl (C=O) groups is 1. The second-order valence-electron chi connectivity index (χ2n) is 8.50. The molecular weight excluding hydrogens is 404 g/mol. The molecule has 0 radical (unpaired) electrons. The highest BCUT2D eigenvalue weighted by Crippen LogP contribution is 2.28. The number of amides is 1. The third-order valence-corrected chi connectivity index (χ3v) is 5.89. The summed E-state index contributed by atoms with van der Waals surface area (Å²) < 4.78 is 7.88. The van der Waals surface area contributed by atoms with Crippen LogP contribution >= 0.6 is 0 Å². The lowest BCUT2D eigenvalue weighted by Gasteiger charge is -2.37. The fraction of sp³-hybridized carbons (Fsp3) is 0.500. The van der Waals surface area contributed by atoms with E-state index in [4.69, 9.17) is 9.72 Å². The van der Waals surface area contributed by atoms with Gasteiger partial charge in [-0.05, 0) is 52.3 Å². The summed E-state index contributed by atoms with van der Waals surface area (Å²) in [6.07, 6.45) is 4.37. The van der Waals surface area contributed by atoms with Crippen molar-refractivity contribution < 1.29 is 9.53 Å². The van der Waals surface area contributed by atoms with Gasteiger partial charge >= 0.3 is 0 Å². The summed E-state index contributed by atoms with van der Waals surface area (Å²) in [5.41, 5.74) is 4.28. The zero-order valence-corrected chi connectivity index (χ0v) is 19.5. The van der Waals surface area contributed by atoms with Gasteiger partial charge in [0, 0.05) is 43.3 Å². The molecule has 32 heavy (non-hydrogen) atoms. The van der Waals surface area contributed by atoms with Crippen molar-refractivity contribution in [2.24, 2.45) is 0 Å². The van der Waals surface area contributed by atoms with Gasteiger partial charge in [0.1, 0.15) is 17.4 Å². The van der Waals surface area contributed by atoms with Crippen molar-refractivity contribution in [1.82, 2.24) is 24.4 Å². The summed E-state index contributed by atoms with van der Waals surface area (Å²) in [5, 5.41) is 3.46.